The molecule has 5 nitrogen and oxygen atoms in total. The van der Waals surface area contributed by atoms with Gasteiger partial charge in [-0.2, -0.15) is 5.10 Å². The standard InChI is InChI=1S/C9H12F2N4O/c1-4-2-6(7(10)11)15-9(14-4)5(3-13-15)8(12)16/h3-4,6-7,14H,2H2,1H3,(H2,12,16). The number of nitrogens with one attached hydrogen (secondary N) is 1. The zero-order valence-corrected chi connectivity index (χ0v) is 8.65. The van der Waals surface area contributed by atoms with Crippen LogP contribution >= 0.6 is 0 Å². The number of halogens is 2. The molecule has 1 aromatic rings. The predicted molar refractivity (Wildman–Crippen MR) is 53.5 cm³/mol. The van der Waals surface area contributed by atoms with Crippen molar-refractivity contribution in [3.05, 3.63) is 11.8 Å². The van der Waals surface area contributed by atoms with E-state index in [4.69, 9.17) is 5.73 Å². The number of aromatic nitrogens is 2. The second-order valence-corrected chi connectivity index (χ2v) is 3.90. The lowest BCUT2D eigenvalue weighted by atomic mass is 10.1. The molecule has 2 unspecified atom stereocenters. The molecular formula is C9H12F2N4O. The summed E-state index contributed by atoms with van der Waals surface area (Å²) in [4.78, 5) is 11.1. The summed E-state index contributed by atoms with van der Waals surface area (Å²) in [5.74, 6) is -0.382. The highest BCUT2D eigenvalue weighted by atomic mass is 19.3. The largest absolute Gasteiger partial charge is 0.367 e. The summed E-state index contributed by atoms with van der Waals surface area (Å²) in [6.07, 6.45) is -1.02. The van der Waals surface area contributed by atoms with Crippen LogP contribution in [0.1, 0.15) is 29.7 Å². The molecule has 0 aliphatic carbocycles. The van der Waals surface area contributed by atoms with Gasteiger partial charge in [-0.05, 0) is 13.3 Å². The third-order valence-corrected chi connectivity index (χ3v) is 2.64. The van der Waals surface area contributed by atoms with Gasteiger partial charge in [-0.15, -0.1) is 0 Å². The van der Waals surface area contributed by atoms with Crippen LogP contribution in [0.15, 0.2) is 6.20 Å². The molecule has 2 rings (SSSR count). The van der Waals surface area contributed by atoms with E-state index in [-0.39, 0.29) is 23.8 Å². The highest BCUT2D eigenvalue weighted by Crippen LogP contribution is 2.32. The van der Waals surface area contributed by atoms with Crippen LogP contribution in [-0.4, -0.2) is 28.2 Å². The van der Waals surface area contributed by atoms with Crippen LogP contribution in [0.4, 0.5) is 14.6 Å². The van der Waals surface area contributed by atoms with Crippen molar-refractivity contribution in [2.24, 2.45) is 5.73 Å². The first-order valence-electron chi connectivity index (χ1n) is 4.92. The zero-order valence-electron chi connectivity index (χ0n) is 8.65. The van der Waals surface area contributed by atoms with E-state index >= 15 is 0 Å². The van der Waals surface area contributed by atoms with E-state index in [0.29, 0.717) is 0 Å². The van der Waals surface area contributed by atoms with Crippen LogP contribution in [0, 0.1) is 0 Å². The second-order valence-electron chi connectivity index (χ2n) is 3.90. The van der Waals surface area contributed by atoms with Crippen LogP contribution in [0.25, 0.3) is 0 Å². The Labute approximate surface area is 90.6 Å². The summed E-state index contributed by atoms with van der Waals surface area (Å²) < 4.78 is 26.7. The van der Waals surface area contributed by atoms with E-state index < -0.39 is 18.4 Å². The minimum Gasteiger partial charge on any atom is -0.367 e. The molecule has 0 saturated heterocycles. The van der Waals surface area contributed by atoms with Crippen molar-refractivity contribution in [1.29, 1.82) is 0 Å². The molecule has 0 fully saturated rings. The molecule has 1 aliphatic heterocycles. The maximum atomic E-state index is 12.8. The third kappa shape index (κ3) is 1.62. The Bertz CT molecular complexity index is 418. The molecule has 2 heterocycles. The zero-order chi connectivity index (χ0) is 11.9. The molecule has 0 spiro atoms. The molecule has 3 N–H and O–H groups in total. The fourth-order valence-electron chi connectivity index (χ4n) is 1.90. The van der Waals surface area contributed by atoms with Crippen molar-refractivity contribution in [2.45, 2.75) is 31.9 Å². The fraction of sp³-hybridized carbons (Fsp3) is 0.556. The maximum absolute atomic E-state index is 12.8. The average molecular weight is 230 g/mol. The van der Waals surface area contributed by atoms with Gasteiger partial charge < -0.3 is 11.1 Å². The first-order chi connectivity index (χ1) is 7.50. The summed E-state index contributed by atoms with van der Waals surface area (Å²) in [7, 11) is 0. The number of amides is 1. The highest BCUT2D eigenvalue weighted by Gasteiger charge is 2.33. The second kappa shape index (κ2) is 3.73. The number of rotatable bonds is 2. The number of carbonyl (C=O) groups excluding carboxylic acids is 1. The molecule has 0 saturated carbocycles. The summed E-state index contributed by atoms with van der Waals surface area (Å²) >= 11 is 0. The molecule has 0 radical (unpaired) electrons. The molecule has 2 atom stereocenters. The lowest BCUT2D eigenvalue weighted by Crippen LogP contribution is -2.34. The topological polar surface area (TPSA) is 72.9 Å². The molecule has 16 heavy (non-hydrogen) atoms. The number of hydrogen-bond donors (Lipinski definition) is 2. The van der Waals surface area contributed by atoms with E-state index in [0.717, 1.165) is 4.68 Å². The van der Waals surface area contributed by atoms with Gasteiger partial charge in [-0.25, -0.2) is 13.5 Å². The van der Waals surface area contributed by atoms with E-state index in [1.165, 1.54) is 6.20 Å². The Morgan fingerprint density at radius 1 is 1.75 bits per heavy atom. The SMILES string of the molecule is CC1CC(C(F)F)n2ncc(C(N)=O)c2N1. The van der Waals surface area contributed by atoms with Gasteiger partial charge in [0.25, 0.3) is 12.3 Å². The lowest BCUT2D eigenvalue weighted by Gasteiger charge is -2.30. The van der Waals surface area contributed by atoms with Crippen LogP contribution < -0.4 is 11.1 Å². The summed E-state index contributed by atoms with van der Waals surface area (Å²) in [6, 6.07) is -1.14. The van der Waals surface area contributed by atoms with Crippen LogP contribution in [0.5, 0.6) is 0 Å². The van der Waals surface area contributed by atoms with E-state index in [1.54, 1.807) is 6.92 Å². The number of alkyl halides is 2. The molecule has 1 aromatic heterocycles. The van der Waals surface area contributed by atoms with Gasteiger partial charge in [0.1, 0.15) is 17.4 Å². The Morgan fingerprint density at radius 3 is 3.00 bits per heavy atom. The fourth-order valence-corrected chi connectivity index (χ4v) is 1.90. The number of primary amides is 1. The molecule has 1 aliphatic rings. The molecule has 1 amide bonds. The van der Waals surface area contributed by atoms with Gasteiger partial charge in [-0.1, -0.05) is 0 Å². The van der Waals surface area contributed by atoms with Gasteiger partial charge in [-0.3, -0.25) is 4.79 Å². The van der Waals surface area contributed by atoms with Crippen molar-refractivity contribution in [1.82, 2.24) is 9.78 Å². The Morgan fingerprint density at radius 2 is 2.44 bits per heavy atom. The van der Waals surface area contributed by atoms with Crippen molar-refractivity contribution in [3.63, 3.8) is 0 Å². The summed E-state index contributed by atoms with van der Waals surface area (Å²) in [5, 5.41) is 6.73. The smallest absolute Gasteiger partial charge is 0.260 e. The number of carbonyl (C=O) groups is 1. The minimum absolute atomic E-state index is 0.138. The van der Waals surface area contributed by atoms with Crippen molar-refractivity contribution in [3.8, 4) is 0 Å². The number of hydrogen-bond acceptors (Lipinski definition) is 3. The van der Waals surface area contributed by atoms with Crippen molar-refractivity contribution >= 4 is 11.7 Å². The first-order valence-corrected chi connectivity index (χ1v) is 4.92. The number of fused-ring (bicyclic) bond motifs is 1. The lowest BCUT2D eigenvalue weighted by molar-refractivity contribution is 0.0667. The number of nitrogens with zero attached hydrogens (tertiary/aromatic N) is 2. The molecule has 88 valence electrons. The Hall–Kier alpha value is -1.66. The average Bonchev–Trinajstić information content (AvgIpc) is 2.59. The van der Waals surface area contributed by atoms with E-state index in [9.17, 15) is 13.6 Å². The van der Waals surface area contributed by atoms with Crippen molar-refractivity contribution in [2.75, 3.05) is 5.32 Å². The van der Waals surface area contributed by atoms with Gasteiger partial charge in [0.15, 0.2) is 0 Å². The van der Waals surface area contributed by atoms with Gasteiger partial charge in [0.05, 0.1) is 6.20 Å². The minimum atomic E-state index is -2.51. The van der Waals surface area contributed by atoms with Gasteiger partial charge in [0.2, 0.25) is 0 Å². The first kappa shape index (κ1) is 10.8. The third-order valence-electron chi connectivity index (χ3n) is 2.64. The van der Waals surface area contributed by atoms with Gasteiger partial charge in [0, 0.05) is 6.04 Å². The van der Waals surface area contributed by atoms with Crippen molar-refractivity contribution < 1.29 is 13.6 Å². The quantitative estimate of drug-likeness (QED) is 0.795. The Balaban J connectivity index is 2.45. The highest BCUT2D eigenvalue weighted by molar-refractivity contribution is 5.97. The van der Waals surface area contributed by atoms with Gasteiger partial charge >= 0.3 is 0 Å². The molecule has 0 aromatic carbocycles. The molecule has 7 heteroatoms. The van der Waals surface area contributed by atoms with Crippen LogP contribution in [0.2, 0.25) is 0 Å². The normalized spacial score (nSPS) is 24.0. The van der Waals surface area contributed by atoms with Crippen LogP contribution in [-0.2, 0) is 0 Å². The number of anilines is 1. The Kier molecular flexibility index (Phi) is 2.53. The molecular weight excluding hydrogens is 218 g/mol. The molecule has 0 bridgehead atoms. The summed E-state index contributed by atoms with van der Waals surface area (Å²) in [6.45, 7) is 1.77. The summed E-state index contributed by atoms with van der Waals surface area (Å²) in [5.41, 5.74) is 5.28. The monoisotopic (exact) mass is 230 g/mol. The number of nitrogens with two attached hydrogens (primary N) is 1. The van der Waals surface area contributed by atoms with Crippen LogP contribution in [0.3, 0.4) is 0 Å². The van der Waals surface area contributed by atoms with E-state index in [1.807, 2.05) is 0 Å². The van der Waals surface area contributed by atoms with E-state index in [2.05, 4.69) is 10.4 Å². The maximum Gasteiger partial charge on any atom is 0.260 e. The predicted octanol–water partition coefficient (Wildman–Crippen LogP) is 0.992.